The number of aromatic nitrogens is 2. The van der Waals surface area contributed by atoms with Crippen molar-refractivity contribution in [3.63, 3.8) is 0 Å². The first kappa shape index (κ1) is 18.1. The molecule has 0 bridgehead atoms. The van der Waals surface area contributed by atoms with E-state index in [1.807, 2.05) is 11.4 Å². The van der Waals surface area contributed by atoms with E-state index in [0.29, 0.717) is 12.4 Å². The number of ether oxygens (including phenoxy) is 1. The Morgan fingerprint density at radius 1 is 1.16 bits per heavy atom. The van der Waals surface area contributed by atoms with Gasteiger partial charge in [-0.3, -0.25) is 0 Å². The van der Waals surface area contributed by atoms with E-state index in [4.69, 9.17) is 4.74 Å². The number of benzene rings is 1. The molecule has 0 aliphatic rings. The maximum Gasteiger partial charge on any atom is 0.242 e. The van der Waals surface area contributed by atoms with Crippen LogP contribution in [-0.4, -0.2) is 49.1 Å². The smallest absolute Gasteiger partial charge is 0.242 e. The second kappa shape index (κ2) is 7.69. The summed E-state index contributed by atoms with van der Waals surface area (Å²) in [5.74, 6) is 1.38. The van der Waals surface area contributed by atoms with E-state index in [9.17, 15) is 8.42 Å². The van der Waals surface area contributed by atoms with Gasteiger partial charge in [0.05, 0.1) is 11.5 Å². The minimum absolute atomic E-state index is 0.250. The van der Waals surface area contributed by atoms with Crippen molar-refractivity contribution in [3.05, 3.63) is 42.0 Å². The Morgan fingerprint density at radius 3 is 2.64 bits per heavy atom. The molecule has 0 fully saturated rings. The number of fused-ring (bicyclic) bond motifs is 1. The molecule has 0 aliphatic heterocycles. The van der Waals surface area contributed by atoms with Crippen LogP contribution in [0.25, 0.3) is 10.2 Å². The third-order valence-electron chi connectivity index (χ3n) is 3.42. The SMILES string of the molecule is CN(C)S(=O)(=O)c1ccc(OCCSc2ncnc3sccc23)cc1. The van der Waals surface area contributed by atoms with Gasteiger partial charge in [0.2, 0.25) is 10.0 Å². The Hall–Kier alpha value is -1.68. The molecule has 0 aliphatic carbocycles. The first-order chi connectivity index (χ1) is 12.0. The largest absolute Gasteiger partial charge is 0.493 e. The average molecular weight is 396 g/mol. The molecule has 3 aromatic rings. The van der Waals surface area contributed by atoms with Gasteiger partial charge in [0.25, 0.3) is 0 Å². The summed E-state index contributed by atoms with van der Waals surface area (Å²) in [5, 5.41) is 4.02. The van der Waals surface area contributed by atoms with E-state index in [1.54, 1.807) is 53.7 Å². The predicted octanol–water partition coefficient (Wildman–Crippen LogP) is 3.11. The fourth-order valence-electron chi connectivity index (χ4n) is 2.10. The lowest BCUT2D eigenvalue weighted by molar-refractivity contribution is 0.343. The van der Waals surface area contributed by atoms with Crippen LogP contribution in [0.3, 0.4) is 0 Å². The topological polar surface area (TPSA) is 72.4 Å². The second-order valence-corrected chi connectivity index (χ2v) is 9.40. The molecule has 0 spiro atoms. The van der Waals surface area contributed by atoms with E-state index < -0.39 is 10.0 Å². The van der Waals surface area contributed by atoms with Crippen molar-refractivity contribution < 1.29 is 13.2 Å². The lowest BCUT2D eigenvalue weighted by atomic mass is 10.3. The second-order valence-electron chi connectivity index (χ2n) is 5.27. The molecule has 0 saturated carbocycles. The first-order valence-corrected chi connectivity index (χ1v) is 10.8. The number of sulfonamides is 1. The molecule has 2 aromatic heterocycles. The third-order valence-corrected chi connectivity index (χ3v) is 7.04. The molecule has 0 atom stereocenters. The highest BCUT2D eigenvalue weighted by Crippen LogP contribution is 2.27. The number of rotatable bonds is 7. The van der Waals surface area contributed by atoms with Crippen LogP contribution in [0.4, 0.5) is 0 Å². The fraction of sp³-hybridized carbons (Fsp3) is 0.250. The highest BCUT2D eigenvalue weighted by atomic mass is 32.2. The fourth-order valence-corrected chi connectivity index (χ4v) is 4.60. The maximum atomic E-state index is 12.0. The van der Waals surface area contributed by atoms with Crippen LogP contribution in [0.15, 0.2) is 52.0 Å². The number of hydrogen-bond donors (Lipinski definition) is 0. The van der Waals surface area contributed by atoms with E-state index >= 15 is 0 Å². The van der Waals surface area contributed by atoms with Crippen molar-refractivity contribution in [2.24, 2.45) is 0 Å². The molecule has 25 heavy (non-hydrogen) atoms. The summed E-state index contributed by atoms with van der Waals surface area (Å²) in [6.07, 6.45) is 1.58. The quantitative estimate of drug-likeness (QED) is 0.348. The molecular formula is C16H17N3O3S3. The normalized spacial score (nSPS) is 12.0. The molecular weight excluding hydrogens is 378 g/mol. The van der Waals surface area contributed by atoms with Crippen molar-refractivity contribution in [2.45, 2.75) is 9.92 Å². The Bertz CT molecular complexity index is 953. The van der Waals surface area contributed by atoms with Crippen molar-refractivity contribution in [2.75, 3.05) is 26.5 Å². The lowest BCUT2D eigenvalue weighted by Crippen LogP contribution is -2.22. The molecule has 6 nitrogen and oxygen atoms in total. The van der Waals surface area contributed by atoms with Crippen LogP contribution in [0.2, 0.25) is 0 Å². The molecule has 0 unspecified atom stereocenters. The maximum absolute atomic E-state index is 12.0. The van der Waals surface area contributed by atoms with Gasteiger partial charge in [0, 0.05) is 25.2 Å². The predicted molar refractivity (Wildman–Crippen MR) is 101 cm³/mol. The third kappa shape index (κ3) is 4.12. The Balaban J connectivity index is 1.55. The van der Waals surface area contributed by atoms with Gasteiger partial charge in [0.1, 0.15) is 21.9 Å². The van der Waals surface area contributed by atoms with Gasteiger partial charge in [-0.05, 0) is 35.7 Å². The number of nitrogens with zero attached hydrogens (tertiary/aromatic N) is 3. The molecule has 1 aromatic carbocycles. The van der Waals surface area contributed by atoms with Gasteiger partial charge < -0.3 is 4.74 Å². The van der Waals surface area contributed by atoms with Crippen LogP contribution < -0.4 is 4.74 Å². The molecule has 2 heterocycles. The van der Waals surface area contributed by atoms with Crippen molar-refractivity contribution in [3.8, 4) is 5.75 Å². The summed E-state index contributed by atoms with van der Waals surface area (Å²) in [5.41, 5.74) is 0. The monoisotopic (exact) mass is 395 g/mol. The summed E-state index contributed by atoms with van der Waals surface area (Å²) < 4.78 is 30.9. The molecule has 3 rings (SSSR count). The van der Waals surface area contributed by atoms with Crippen LogP contribution >= 0.6 is 23.1 Å². The summed E-state index contributed by atoms with van der Waals surface area (Å²) in [4.78, 5) is 9.77. The minimum atomic E-state index is -3.41. The summed E-state index contributed by atoms with van der Waals surface area (Å²) in [6.45, 7) is 0.500. The Kier molecular flexibility index (Phi) is 5.57. The summed E-state index contributed by atoms with van der Waals surface area (Å²) in [7, 11) is -0.393. The summed E-state index contributed by atoms with van der Waals surface area (Å²) in [6, 6.07) is 8.47. The molecule has 132 valence electrons. The highest BCUT2D eigenvalue weighted by molar-refractivity contribution is 7.99. The Labute approximate surface area is 154 Å². The van der Waals surface area contributed by atoms with Gasteiger partial charge in [-0.15, -0.1) is 23.1 Å². The average Bonchev–Trinajstić information content (AvgIpc) is 3.08. The standard InChI is InChI=1S/C16H17N3O3S3/c1-19(2)25(20,21)13-5-3-12(4-6-13)22-8-10-24-16-14-7-9-23-15(14)17-11-18-16/h3-7,9,11H,8,10H2,1-2H3. The number of thiophene rings is 1. The van der Waals surface area contributed by atoms with Gasteiger partial charge in [-0.2, -0.15) is 0 Å². The Morgan fingerprint density at radius 2 is 1.92 bits per heavy atom. The zero-order valence-electron chi connectivity index (χ0n) is 13.7. The zero-order chi connectivity index (χ0) is 17.9. The number of hydrogen-bond acceptors (Lipinski definition) is 7. The molecule has 0 saturated heterocycles. The number of thioether (sulfide) groups is 1. The molecule has 0 radical (unpaired) electrons. The van der Waals surface area contributed by atoms with Crippen LogP contribution in [0, 0.1) is 0 Å². The lowest BCUT2D eigenvalue weighted by Gasteiger charge is -2.12. The van der Waals surface area contributed by atoms with Gasteiger partial charge >= 0.3 is 0 Å². The van der Waals surface area contributed by atoms with E-state index in [-0.39, 0.29) is 4.90 Å². The van der Waals surface area contributed by atoms with Gasteiger partial charge in [-0.1, -0.05) is 0 Å². The van der Waals surface area contributed by atoms with E-state index in [1.165, 1.54) is 18.4 Å². The molecule has 0 N–H and O–H groups in total. The van der Waals surface area contributed by atoms with Crippen molar-refractivity contribution in [1.29, 1.82) is 0 Å². The zero-order valence-corrected chi connectivity index (χ0v) is 16.2. The molecule has 9 heteroatoms. The van der Waals surface area contributed by atoms with Crippen molar-refractivity contribution in [1.82, 2.24) is 14.3 Å². The summed E-state index contributed by atoms with van der Waals surface area (Å²) >= 11 is 3.21. The van der Waals surface area contributed by atoms with E-state index in [2.05, 4.69) is 9.97 Å². The van der Waals surface area contributed by atoms with Crippen molar-refractivity contribution >= 4 is 43.3 Å². The van der Waals surface area contributed by atoms with Gasteiger partial charge in [0.15, 0.2) is 0 Å². The van der Waals surface area contributed by atoms with E-state index in [0.717, 1.165) is 21.0 Å². The highest BCUT2D eigenvalue weighted by Gasteiger charge is 2.16. The van der Waals surface area contributed by atoms with Crippen LogP contribution in [-0.2, 0) is 10.0 Å². The first-order valence-electron chi connectivity index (χ1n) is 7.45. The van der Waals surface area contributed by atoms with Gasteiger partial charge in [-0.25, -0.2) is 22.7 Å². The van der Waals surface area contributed by atoms with Crippen LogP contribution in [0.1, 0.15) is 0 Å². The minimum Gasteiger partial charge on any atom is -0.493 e. The molecule has 0 amide bonds. The van der Waals surface area contributed by atoms with Crippen LogP contribution in [0.5, 0.6) is 5.75 Å².